The quantitative estimate of drug-likeness (QED) is 0.802. The molecule has 1 fully saturated rings. The summed E-state index contributed by atoms with van der Waals surface area (Å²) in [6.45, 7) is 12.7. The van der Waals surface area contributed by atoms with Gasteiger partial charge < -0.3 is 5.11 Å². The molecule has 0 aromatic heterocycles. The SMILES string of the molecule is CN1OC/C(=C\c2cc(C(C)(C)C)c(O)c(C(C)(C)C)c2)C1=O. The highest BCUT2D eigenvalue weighted by atomic mass is 16.7. The van der Waals surface area contributed by atoms with E-state index >= 15 is 0 Å². The molecular weight excluding hydrogens is 290 g/mol. The number of hydroxylamine groups is 2. The number of rotatable bonds is 1. The number of likely N-dealkylation sites (N-methyl/N-ethyl adjacent to an activating group) is 1. The maximum atomic E-state index is 12.0. The number of phenols is 1. The minimum Gasteiger partial charge on any atom is -0.507 e. The van der Waals surface area contributed by atoms with Crippen molar-refractivity contribution in [2.24, 2.45) is 0 Å². The molecule has 0 spiro atoms. The normalized spacial score (nSPS) is 18.1. The van der Waals surface area contributed by atoms with Crippen LogP contribution >= 0.6 is 0 Å². The highest BCUT2D eigenvalue weighted by Crippen LogP contribution is 2.40. The third-order valence-corrected chi connectivity index (χ3v) is 4.06. The topological polar surface area (TPSA) is 49.8 Å². The molecule has 1 heterocycles. The molecular formula is C19H27NO3. The van der Waals surface area contributed by atoms with Gasteiger partial charge in [0.1, 0.15) is 12.4 Å². The van der Waals surface area contributed by atoms with E-state index in [0.717, 1.165) is 16.7 Å². The summed E-state index contributed by atoms with van der Waals surface area (Å²) in [5, 5.41) is 12.0. The van der Waals surface area contributed by atoms with Crippen molar-refractivity contribution in [3.63, 3.8) is 0 Å². The summed E-state index contributed by atoms with van der Waals surface area (Å²) in [7, 11) is 1.61. The second-order valence-electron chi connectivity index (χ2n) is 8.21. The van der Waals surface area contributed by atoms with Crippen LogP contribution in [-0.4, -0.2) is 29.7 Å². The largest absolute Gasteiger partial charge is 0.507 e. The molecule has 1 aliphatic heterocycles. The highest BCUT2D eigenvalue weighted by Gasteiger charge is 2.28. The number of benzene rings is 1. The minimum atomic E-state index is -0.189. The number of carbonyl (C=O) groups is 1. The maximum absolute atomic E-state index is 12.0. The summed E-state index contributed by atoms with van der Waals surface area (Å²) in [5.74, 6) is 0.228. The summed E-state index contributed by atoms with van der Waals surface area (Å²) >= 11 is 0. The number of aromatic hydroxyl groups is 1. The first kappa shape index (κ1) is 17.5. The molecule has 0 atom stereocenters. The third kappa shape index (κ3) is 3.58. The molecule has 23 heavy (non-hydrogen) atoms. The van der Waals surface area contributed by atoms with Gasteiger partial charge in [-0.1, -0.05) is 41.5 Å². The molecule has 2 rings (SSSR count). The monoisotopic (exact) mass is 317 g/mol. The third-order valence-electron chi connectivity index (χ3n) is 4.06. The van der Waals surface area contributed by atoms with Gasteiger partial charge in [-0.3, -0.25) is 9.63 Å². The van der Waals surface area contributed by atoms with E-state index in [1.54, 1.807) is 7.05 Å². The predicted octanol–water partition coefficient (Wildman–Crippen LogP) is 3.77. The maximum Gasteiger partial charge on any atom is 0.275 e. The van der Waals surface area contributed by atoms with Gasteiger partial charge in [0.15, 0.2) is 0 Å². The molecule has 0 unspecified atom stereocenters. The number of phenolic OH excluding ortho intramolecular Hbond substituents is 1. The second kappa shape index (κ2) is 5.68. The number of carbonyl (C=O) groups excluding carboxylic acids is 1. The molecule has 0 aliphatic carbocycles. The van der Waals surface area contributed by atoms with Gasteiger partial charge in [0, 0.05) is 23.7 Å². The lowest BCUT2D eigenvalue weighted by Crippen LogP contribution is -2.18. The van der Waals surface area contributed by atoms with E-state index in [2.05, 4.69) is 41.5 Å². The van der Waals surface area contributed by atoms with Crippen molar-refractivity contribution < 1.29 is 14.7 Å². The molecule has 0 radical (unpaired) electrons. The van der Waals surface area contributed by atoms with Crippen molar-refractivity contribution in [3.05, 3.63) is 34.4 Å². The molecule has 1 saturated heterocycles. The number of hydrogen-bond acceptors (Lipinski definition) is 3. The van der Waals surface area contributed by atoms with Crippen LogP contribution in [0.2, 0.25) is 0 Å². The van der Waals surface area contributed by atoms with Crippen LogP contribution in [0, 0.1) is 0 Å². The highest BCUT2D eigenvalue weighted by molar-refractivity contribution is 5.98. The number of nitrogens with zero attached hydrogens (tertiary/aromatic N) is 1. The van der Waals surface area contributed by atoms with E-state index in [1.807, 2.05) is 18.2 Å². The van der Waals surface area contributed by atoms with Gasteiger partial charge in [0.25, 0.3) is 5.91 Å². The van der Waals surface area contributed by atoms with Crippen LogP contribution in [0.1, 0.15) is 58.2 Å². The summed E-state index contributed by atoms with van der Waals surface area (Å²) in [6, 6.07) is 3.92. The fraction of sp³-hybridized carbons (Fsp3) is 0.526. The number of hydrogen-bond donors (Lipinski definition) is 1. The molecule has 0 bridgehead atoms. The average Bonchev–Trinajstić information content (AvgIpc) is 2.70. The summed E-state index contributed by atoms with van der Waals surface area (Å²) in [6.07, 6.45) is 1.86. The Kier molecular flexibility index (Phi) is 4.33. The van der Waals surface area contributed by atoms with E-state index in [4.69, 9.17) is 4.84 Å². The van der Waals surface area contributed by atoms with Gasteiger partial charge in [-0.2, -0.15) is 0 Å². The van der Waals surface area contributed by atoms with Crippen LogP contribution in [0.3, 0.4) is 0 Å². The molecule has 4 heteroatoms. The van der Waals surface area contributed by atoms with Crippen molar-refractivity contribution in [1.82, 2.24) is 5.06 Å². The van der Waals surface area contributed by atoms with Crippen LogP contribution < -0.4 is 0 Å². The second-order valence-corrected chi connectivity index (χ2v) is 8.21. The molecule has 1 N–H and O–H groups in total. The lowest BCUT2D eigenvalue weighted by atomic mass is 9.78. The Morgan fingerprint density at radius 2 is 1.57 bits per heavy atom. The smallest absolute Gasteiger partial charge is 0.275 e. The van der Waals surface area contributed by atoms with E-state index in [0.29, 0.717) is 11.3 Å². The first-order valence-corrected chi connectivity index (χ1v) is 7.91. The standard InChI is InChI=1S/C19H27NO3/c1-18(2,3)14-9-12(8-13-11-23-20(7)17(13)22)10-15(16(14)21)19(4,5)6/h8-10,21H,11H2,1-7H3/b13-8+. The van der Waals surface area contributed by atoms with Gasteiger partial charge in [0.05, 0.1) is 0 Å². The summed E-state index contributed by atoms with van der Waals surface area (Å²) < 4.78 is 0. The van der Waals surface area contributed by atoms with Gasteiger partial charge in [-0.15, -0.1) is 0 Å². The fourth-order valence-electron chi connectivity index (χ4n) is 2.68. The number of amides is 1. The van der Waals surface area contributed by atoms with Gasteiger partial charge in [0.2, 0.25) is 0 Å². The van der Waals surface area contributed by atoms with Crippen molar-refractivity contribution in [2.75, 3.05) is 13.7 Å². The van der Waals surface area contributed by atoms with Gasteiger partial charge in [-0.05, 0) is 34.6 Å². The van der Waals surface area contributed by atoms with Crippen LogP contribution in [0.25, 0.3) is 6.08 Å². The van der Waals surface area contributed by atoms with Crippen LogP contribution in [0.4, 0.5) is 0 Å². The van der Waals surface area contributed by atoms with E-state index in [-0.39, 0.29) is 23.3 Å². The van der Waals surface area contributed by atoms with Crippen LogP contribution in [-0.2, 0) is 20.5 Å². The molecule has 0 saturated carbocycles. The Morgan fingerprint density at radius 3 is 1.91 bits per heavy atom. The molecule has 126 valence electrons. The van der Waals surface area contributed by atoms with Gasteiger partial charge in [-0.25, -0.2) is 5.06 Å². The van der Waals surface area contributed by atoms with Gasteiger partial charge >= 0.3 is 0 Å². The Hall–Kier alpha value is -1.81. The Morgan fingerprint density at radius 1 is 1.09 bits per heavy atom. The zero-order chi connectivity index (χ0) is 17.6. The van der Waals surface area contributed by atoms with Crippen molar-refractivity contribution >= 4 is 12.0 Å². The summed E-state index contributed by atoms with van der Waals surface area (Å²) in [5.41, 5.74) is 2.93. The molecule has 1 aromatic carbocycles. The Labute approximate surface area is 138 Å². The van der Waals surface area contributed by atoms with Crippen LogP contribution in [0.15, 0.2) is 17.7 Å². The zero-order valence-corrected chi connectivity index (χ0v) is 15.2. The Balaban J connectivity index is 2.62. The van der Waals surface area contributed by atoms with Crippen molar-refractivity contribution in [2.45, 2.75) is 52.4 Å². The summed E-state index contributed by atoms with van der Waals surface area (Å²) in [4.78, 5) is 17.3. The minimum absolute atomic E-state index is 0.118. The average molecular weight is 317 g/mol. The lowest BCUT2D eigenvalue weighted by molar-refractivity contribution is -0.154. The van der Waals surface area contributed by atoms with Crippen molar-refractivity contribution in [1.29, 1.82) is 0 Å². The Bertz CT molecular complexity index is 625. The predicted molar refractivity (Wildman–Crippen MR) is 92.2 cm³/mol. The first-order valence-electron chi connectivity index (χ1n) is 7.91. The zero-order valence-electron chi connectivity index (χ0n) is 15.2. The molecule has 4 nitrogen and oxygen atoms in total. The fourth-order valence-corrected chi connectivity index (χ4v) is 2.68. The van der Waals surface area contributed by atoms with E-state index in [1.165, 1.54) is 5.06 Å². The lowest BCUT2D eigenvalue weighted by Gasteiger charge is -2.28. The first-order chi connectivity index (χ1) is 10.4. The van der Waals surface area contributed by atoms with Crippen molar-refractivity contribution in [3.8, 4) is 5.75 Å². The van der Waals surface area contributed by atoms with Crippen LogP contribution in [0.5, 0.6) is 5.75 Å². The molecule has 1 aromatic rings. The van der Waals surface area contributed by atoms with E-state index < -0.39 is 0 Å². The molecule has 1 amide bonds. The van der Waals surface area contributed by atoms with E-state index in [9.17, 15) is 9.90 Å². The molecule has 1 aliphatic rings.